The number of esters is 1. The van der Waals surface area contributed by atoms with E-state index in [1.165, 1.54) is 7.11 Å². The smallest absolute Gasteiger partial charge is 0.418 e. The zero-order valence-electron chi connectivity index (χ0n) is 21.2. The molecule has 0 saturated heterocycles. The molecule has 5 nitrogen and oxygen atoms in total. The summed E-state index contributed by atoms with van der Waals surface area (Å²) in [4.78, 5) is 13.6. The van der Waals surface area contributed by atoms with E-state index in [2.05, 4.69) is 15.0 Å². The molecule has 2 aromatic carbocycles. The lowest BCUT2D eigenvalue weighted by Gasteiger charge is -2.24. The molecule has 2 aromatic rings. The van der Waals surface area contributed by atoms with Crippen LogP contribution in [0.3, 0.4) is 0 Å². The van der Waals surface area contributed by atoms with Gasteiger partial charge in [-0.2, -0.15) is 13.2 Å². The fourth-order valence-corrected chi connectivity index (χ4v) is 4.57. The molecule has 0 aromatic heterocycles. The second-order valence-corrected chi connectivity index (χ2v) is 9.96. The number of benzene rings is 2. The van der Waals surface area contributed by atoms with Crippen molar-refractivity contribution >= 4 is 52.1 Å². The van der Waals surface area contributed by atoms with Gasteiger partial charge in [-0.05, 0) is 75.6 Å². The highest BCUT2D eigenvalue weighted by atomic mass is 35.5. The molecule has 0 radical (unpaired) electrons. The molecule has 0 aliphatic carbocycles. The fourth-order valence-electron chi connectivity index (χ4n) is 3.88. The number of aryl methyl sites for hydroxylation is 1. The quantitative estimate of drug-likeness (QED) is 0.207. The number of ether oxygens (including phenoxy) is 2. The van der Waals surface area contributed by atoms with Crippen LogP contribution in [-0.2, 0) is 15.7 Å². The minimum Gasteiger partial charge on any atom is -0.496 e. The maximum absolute atomic E-state index is 13.7. The van der Waals surface area contributed by atoms with Crippen LogP contribution in [0.2, 0.25) is 10.0 Å². The SMILES string of the molecule is COC(=O)CCCN(C)CCCC(C(=S)Nc1cc(Cl)c(Cl)cc1C(F)(F)F)c1ccc(C)c(OC)c1. The van der Waals surface area contributed by atoms with Crippen molar-refractivity contribution in [3.63, 3.8) is 0 Å². The van der Waals surface area contributed by atoms with Crippen molar-refractivity contribution < 1.29 is 27.4 Å². The van der Waals surface area contributed by atoms with Crippen LogP contribution in [0.25, 0.3) is 0 Å². The van der Waals surface area contributed by atoms with E-state index >= 15 is 0 Å². The van der Waals surface area contributed by atoms with Crippen LogP contribution in [0, 0.1) is 6.92 Å². The van der Waals surface area contributed by atoms with Crippen LogP contribution in [-0.4, -0.2) is 50.2 Å². The van der Waals surface area contributed by atoms with E-state index in [9.17, 15) is 18.0 Å². The Morgan fingerprint density at radius 3 is 2.38 bits per heavy atom. The maximum atomic E-state index is 13.7. The third-order valence-electron chi connectivity index (χ3n) is 5.96. The Hall–Kier alpha value is -2.07. The number of nitrogens with one attached hydrogen (secondary N) is 1. The van der Waals surface area contributed by atoms with Gasteiger partial charge in [0.2, 0.25) is 0 Å². The molecule has 0 saturated carbocycles. The number of nitrogens with zero attached hydrogens (tertiary/aromatic N) is 1. The standard InChI is InChI=1S/C26H31Cl2F3N2O3S/c1-16-9-10-17(13-23(16)35-3)18(7-5-11-33(2)12-6-8-24(34)36-4)25(37)32-22-15-21(28)20(27)14-19(22)26(29,30)31/h9-10,13-15,18H,5-8,11-12H2,1-4H3,(H,32,37). The van der Waals surface area contributed by atoms with Gasteiger partial charge in [-0.1, -0.05) is 47.6 Å². The number of alkyl halides is 3. The van der Waals surface area contributed by atoms with E-state index in [0.29, 0.717) is 44.5 Å². The average molecular weight is 580 g/mol. The predicted molar refractivity (Wildman–Crippen MR) is 146 cm³/mol. The number of thiocarbonyl (C=S) groups is 1. The molecule has 0 spiro atoms. The molecular weight excluding hydrogens is 548 g/mol. The largest absolute Gasteiger partial charge is 0.496 e. The monoisotopic (exact) mass is 578 g/mol. The number of hydrogen-bond acceptors (Lipinski definition) is 5. The molecule has 37 heavy (non-hydrogen) atoms. The minimum atomic E-state index is -4.65. The molecule has 2 rings (SSSR count). The fraction of sp³-hybridized carbons (Fsp3) is 0.462. The summed E-state index contributed by atoms with van der Waals surface area (Å²) in [5, 5.41) is 2.58. The average Bonchev–Trinajstić information content (AvgIpc) is 2.83. The molecular formula is C26H31Cl2F3N2O3S. The van der Waals surface area contributed by atoms with Gasteiger partial charge in [-0.15, -0.1) is 0 Å². The van der Waals surface area contributed by atoms with Crippen LogP contribution >= 0.6 is 35.4 Å². The van der Waals surface area contributed by atoms with Gasteiger partial charge < -0.3 is 19.7 Å². The Morgan fingerprint density at radius 1 is 1.11 bits per heavy atom. The molecule has 0 bridgehead atoms. The van der Waals surface area contributed by atoms with Gasteiger partial charge in [0.1, 0.15) is 5.75 Å². The van der Waals surface area contributed by atoms with E-state index in [1.807, 2.05) is 32.2 Å². The first-order valence-electron chi connectivity index (χ1n) is 11.6. The Labute approximate surface area is 231 Å². The highest BCUT2D eigenvalue weighted by Gasteiger charge is 2.35. The van der Waals surface area contributed by atoms with Gasteiger partial charge in [0, 0.05) is 12.3 Å². The van der Waals surface area contributed by atoms with Gasteiger partial charge in [-0.25, -0.2) is 0 Å². The van der Waals surface area contributed by atoms with Crippen molar-refractivity contribution in [1.82, 2.24) is 4.90 Å². The zero-order valence-corrected chi connectivity index (χ0v) is 23.5. The Morgan fingerprint density at radius 2 is 1.76 bits per heavy atom. The summed E-state index contributed by atoms with van der Waals surface area (Å²) >= 11 is 17.5. The number of carbonyl (C=O) groups excluding carboxylic acids is 1. The Balaban J connectivity index is 2.24. The van der Waals surface area contributed by atoms with Gasteiger partial charge in [0.05, 0.1) is 40.5 Å². The lowest BCUT2D eigenvalue weighted by Crippen LogP contribution is -2.25. The summed E-state index contributed by atoms with van der Waals surface area (Å²) in [6, 6.07) is 7.58. The van der Waals surface area contributed by atoms with Crippen molar-refractivity contribution in [2.45, 2.75) is 44.7 Å². The maximum Gasteiger partial charge on any atom is 0.418 e. The lowest BCUT2D eigenvalue weighted by atomic mass is 9.92. The Bertz CT molecular complexity index is 1100. The summed E-state index contributed by atoms with van der Waals surface area (Å²) in [7, 11) is 4.87. The number of halogens is 5. The number of methoxy groups -OCH3 is 2. The molecule has 0 heterocycles. The molecule has 1 atom stereocenters. The molecule has 0 aliphatic heterocycles. The van der Waals surface area contributed by atoms with Crippen LogP contribution in [0.5, 0.6) is 5.75 Å². The molecule has 0 amide bonds. The number of rotatable bonds is 12. The third-order valence-corrected chi connectivity index (χ3v) is 7.06. The van der Waals surface area contributed by atoms with Crippen LogP contribution < -0.4 is 10.1 Å². The number of hydrogen-bond donors (Lipinski definition) is 1. The first-order chi connectivity index (χ1) is 17.4. The first kappa shape index (κ1) is 31.1. The molecule has 1 N–H and O–H groups in total. The highest BCUT2D eigenvalue weighted by molar-refractivity contribution is 7.80. The van der Waals surface area contributed by atoms with Gasteiger partial charge in [0.15, 0.2) is 0 Å². The summed E-state index contributed by atoms with van der Waals surface area (Å²) in [6.07, 6.45) is -2.36. The van der Waals surface area contributed by atoms with Gasteiger partial charge >= 0.3 is 12.1 Å². The molecule has 204 valence electrons. The first-order valence-corrected chi connectivity index (χ1v) is 12.8. The second-order valence-electron chi connectivity index (χ2n) is 8.71. The molecule has 0 aliphatic rings. The van der Waals surface area contributed by atoms with Gasteiger partial charge in [0.25, 0.3) is 0 Å². The predicted octanol–water partition coefficient (Wildman–Crippen LogP) is 7.52. The van der Waals surface area contributed by atoms with E-state index in [0.717, 1.165) is 23.3 Å². The van der Waals surface area contributed by atoms with E-state index in [1.54, 1.807) is 7.11 Å². The summed E-state index contributed by atoms with van der Waals surface area (Å²) < 4.78 is 51.2. The summed E-state index contributed by atoms with van der Waals surface area (Å²) in [5.74, 6) is 0.0259. The van der Waals surface area contributed by atoms with Crippen molar-refractivity contribution in [3.05, 3.63) is 57.1 Å². The van der Waals surface area contributed by atoms with Crippen LogP contribution in [0.4, 0.5) is 18.9 Å². The van der Waals surface area contributed by atoms with Crippen LogP contribution in [0.15, 0.2) is 30.3 Å². The minimum absolute atomic E-state index is 0.0119. The lowest BCUT2D eigenvalue weighted by molar-refractivity contribution is -0.140. The van der Waals surface area contributed by atoms with Crippen molar-refractivity contribution in [2.24, 2.45) is 0 Å². The highest BCUT2D eigenvalue weighted by Crippen LogP contribution is 2.40. The van der Waals surface area contributed by atoms with Crippen molar-refractivity contribution in [3.8, 4) is 5.75 Å². The number of anilines is 1. The molecule has 0 fully saturated rings. The molecule has 11 heteroatoms. The summed E-state index contributed by atoms with van der Waals surface area (Å²) in [6.45, 7) is 3.33. The van der Waals surface area contributed by atoms with Crippen molar-refractivity contribution in [2.75, 3.05) is 39.7 Å². The second kappa shape index (κ2) is 14.2. The number of carbonyl (C=O) groups is 1. The van der Waals surface area contributed by atoms with Crippen LogP contribution in [0.1, 0.15) is 48.3 Å². The zero-order chi connectivity index (χ0) is 27.8. The van der Waals surface area contributed by atoms with E-state index in [-0.39, 0.29) is 32.6 Å². The van der Waals surface area contributed by atoms with Gasteiger partial charge in [-0.3, -0.25) is 4.79 Å². The topological polar surface area (TPSA) is 50.8 Å². The molecule has 1 unspecified atom stereocenters. The van der Waals surface area contributed by atoms with E-state index < -0.39 is 11.7 Å². The Kier molecular flexibility index (Phi) is 11.9. The normalized spacial score (nSPS) is 12.4. The van der Waals surface area contributed by atoms with E-state index in [4.69, 9.17) is 40.2 Å². The summed E-state index contributed by atoms with van der Waals surface area (Å²) in [5.41, 5.74) is 0.547. The third kappa shape index (κ3) is 9.32. The van der Waals surface area contributed by atoms with Crippen molar-refractivity contribution in [1.29, 1.82) is 0 Å².